The first-order valence-corrected chi connectivity index (χ1v) is 17.4. The van der Waals surface area contributed by atoms with Crippen LogP contribution in [0, 0.1) is 11.8 Å². The van der Waals surface area contributed by atoms with Gasteiger partial charge in [0, 0.05) is 24.3 Å². The van der Waals surface area contributed by atoms with Gasteiger partial charge in [0.1, 0.15) is 17.7 Å². The molecule has 0 saturated carbocycles. The van der Waals surface area contributed by atoms with Crippen LogP contribution in [0.3, 0.4) is 0 Å². The lowest BCUT2D eigenvalue weighted by atomic mass is 9.70. The van der Waals surface area contributed by atoms with Gasteiger partial charge in [-0.25, -0.2) is 0 Å². The lowest BCUT2D eigenvalue weighted by molar-refractivity contribution is -0.161. The number of allylic oxidation sites excluding steroid dienone is 1. The van der Waals surface area contributed by atoms with Gasteiger partial charge in [-0.15, -0.1) is 13.2 Å². The highest BCUT2D eigenvalue weighted by Crippen LogP contribution is 2.61. The van der Waals surface area contributed by atoms with Gasteiger partial charge in [0.2, 0.25) is 17.7 Å². The molecular formula is C35H48BrN3O7. The Morgan fingerprint density at radius 2 is 1.96 bits per heavy atom. The number of benzene rings is 1. The molecule has 8 atom stereocenters. The number of nitrogens with zero attached hydrogens (tertiary/aromatic N) is 2. The summed E-state index contributed by atoms with van der Waals surface area (Å²) < 4.78 is 12.8. The molecule has 4 rings (SSSR count). The Kier molecular flexibility index (Phi) is 12.6. The quantitative estimate of drug-likeness (QED) is 0.102. The summed E-state index contributed by atoms with van der Waals surface area (Å²) in [7, 11) is 0. The third kappa shape index (κ3) is 7.11. The van der Waals surface area contributed by atoms with Crippen LogP contribution in [0.2, 0.25) is 0 Å². The maximum absolute atomic E-state index is 14.5. The molecule has 3 amide bonds. The Hall–Kier alpha value is -3.02. The van der Waals surface area contributed by atoms with Crippen LogP contribution in [0.15, 0.2) is 55.6 Å². The molecule has 2 N–H and O–H groups in total. The molecule has 46 heavy (non-hydrogen) atoms. The number of fused-ring (bicyclic) bond motifs is 1. The molecule has 0 radical (unpaired) electrons. The first-order chi connectivity index (χ1) is 22.2. The van der Waals surface area contributed by atoms with E-state index in [-0.39, 0.29) is 42.1 Å². The maximum Gasteiger partial charge on any atom is 0.313 e. The van der Waals surface area contributed by atoms with Crippen molar-refractivity contribution < 1.29 is 33.8 Å². The van der Waals surface area contributed by atoms with Crippen LogP contribution in [-0.4, -0.2) is 93.5 Å². The van der Waals surface area contributed by atoms with Crippen molar-refractivity contribution in [2.75, 3.05) is 26.2 Å². The molecule has 0 aromatic heterocycles. The van der Waals surface area contributed by atoms with Crippen molar-refractivity contribution in [1.82, 2.24) is 15.1 Å². The molecule has 11 heteroatoms. The van der Waals surface area contributed by atoms with Crippen molar-refractivity contribution >= 4 is 39.6 Å². The summed E-state index contributed by atoms with van der Waals surface area (Å²) in [5.41, 5.74) is -0.579. The van der Waals surface area contributed by atoms with Crippen molar-refractivity contribution in [3.63, 3.8) is 0 Å². The molecule has 1 spiro atoms. The van der Waals surface area contributed by atoms with Crippen LogP contribution in [0.25, 0.3) is 0 Å². The van der Waals surface area contributed by atoms with Crippen molar-refractivity contribution in [3.8, 4) is 0 Å². The van der Waals surface area contributed by atoms with E-state index in [1.54, 1.807) is 17.1 Å². The number of alkyl halides is 1. The molecule has 0 aliphatic carbocycles. The van der Waals surface area contributed by atoms with Crippen molar-refractivity contribution in [3.05, 3.63) is 61.2 Å². The minimum Gasteiger partial charge on any atom is -0.455 e. The average molecular weight is 703 g/mol. The molecule has 2 bridgehead atoms. The molecule has 3 aliphatic rings. The number of hydrogen-bond donors (Lipinski definition) is 2. The SMILES string of the molecule is C=CCCC(=O)NC[C@@H](OC(=O)[C@H]1[C@@H]2O[C@@]3(CC2Br)[C@@H]1C(=O)N([C@@H](CC)CO)[C@@H]3C(=O)N(CC=C)CCCCC)c1ccccc1. The largest absolute Gasteiger partial charge is 0.455 e. The van der Waals surface area contributed by atoms with Gasteiger partial charge in [0.25, 0.3) is 0 Å². The Balaban J connectivity index is 1.67. The van der Waals surface area contributed by atoms with Gasteiger partial charge in [-0.3, -0.25) is 19.2 Å². The molecule has 10 nitrogen and oxygen atoms in total. The Bertz CT molecular complexity index is 1260. The van der Waals surface area contributed by atoms with E-state index in [9.17, 15) is 24.3 Å². The highest BCUT2D eigenvalue weighted by atomic mass is 79.9. The highest BCUT2D eigenvalue weighted by Gasteiger charge is 2.77. The summed E-state index contributed by atoms with van der Waals surface area (Å²) in [6.07, 6.45) is 6.12. The van der Waals surface area contributed by atoms with Crippen LogP contribution in [-0.2, 0) is 28.7 Å². The standard InChI is InChI=1S/C35H48BrN3O7/c1-5-9-14-19-38(18-7-3)33(43)31-35-20-25(36)30(46-35)28(29(35)32(42)39(31)24(8-4)22-40)34(44)45-26(23-15-12-11-13-16-23)21-37-27(41)17-10-6-2/h6-7,11-13,15-16,24-26,28-31,40H,2-3,5,8-10,14,17-22H2,1,4H3,(H,37,41)/t24-,25?,26+,28+,29-,30+,31+,35-/m0/s1. The van der Waals surface area contributed by atoms with Gasteiger partial charge in [0.15, 0.2) is 0 Å². The van der Waals surface area contributed by atoms with Gasteiger partial charge in [-0.1, -0.05) is 85.1 Å². The van der Waals surface area contributed by atoms with Crippen molar-refractivity contribution in [2.24, 2.45) is 11.8 Å². The third-order valence-electron chi connectivity index (χ3n) is 9.49. The average Bonchev–Trinajstić information content (AvgIpc) is 3.65. The molecule has 3 heterocycles. The lowest BCUT2D eigenvalue weighted by Crippen LogP contribution is -2.59. The number of esters is 1. The van der Waals surface area contributed by atoms with Gasteiger partial charge in [-0.2, -0.15) is 0 Å². The van der Waals surface area contributed by atoms with Crippen LogP contribution in [0.4, 0.5) is 0 Å². The summed E-state index contributed by atoms with van der Waals surface area (Å²) in [5.74, 6) is -3.42. The highest BCUT2D eigenvalue weighted by molar-refractivity contribution is 9.09. The zero-order valence-electron chi connectivity index (χ0n) is 26.9. The number of amides is 3. The summed E-state index contributed by atoms with van der Waals surface area (Å²) in [6.45, 7) is 12.0. The number of carbonyl (C=O) groups is 4. The number of rotatable bonds is 18. The number of unbranched alkanes of at least 4 members (excludes halogenated alkanes) is 2. The van der Waals surface area contributed by atoms with E-state index in [0.717, 1.165) is 19.3 Å². The molecule has 3 aliphatic heterocycles. The number of aliphatic hydroxyl groups excluding tert-OH is 1. The summed E-state index contributed by atoms with van der Waals surface area (Å²) in [5, 5.41) is 13.2. The Morgan fingerprint density at radius 3 is 2.59 bits per heavy atom. The molecular weight excluding hydrogens is 654 g/mol. The van der Waals surface area contributed by atoms with E-state index in [0.29, 0.717) is 37.9 Å². The van der Waals surface area contributed by atoms with E-state index >= 15 is 0 Å². The summed E-state index contributed by atoms with van der Waals surface area (Å²) >= 11 is 3.71. The van der Waals surface area contributed by atoms with Crippen LogP contribution >= 0.6 is 15.9 Å². The zero-order valence-corrected chi connectivity index (χ0v) is 28.5. The molecule has 252 valence electrons. The van der Waals surface area contributed by atoms with E-state index in [4.69, 9.17) is 9.47 Å². The minimum atomic E-state index is -1.27. The number of carbonyl (C=O) groups excluding carboxylic acids is 4. The predicted octanol–water partition coefficient (Wildman–Crippen LogP) is 4.08. The molecule has 1 aromatic carbocycles. The van der Waals surface area contributed by atoms with Gasteiger partial charge >= 0.3 is 5.97 Å². The van der Waals surface area contributed by atoms with E-state index in [1.165, 1.54) is 4.90 Å². The summed E-state index contributed by atoms with van der Waals surface area (Å²) in [6, 6.07) is 7.49. The third-order valence-corrected chi connectivity index (χ3v) is 10.3. The van der Waals surface area contributed by atoms with Gasteiger partial charge in [-0.05, 0) is 31.2 Å². The van der Waals surface area contributed by atoms with Crippen molar-refractivity contribution in [2.45, 2.75) is 93.5 Å². The topological polar surface area (TPSA) is 125 Å². The molecule has 3 fully saturated rings. The number of halogens is 1. The monoisotopic (exact) mass is 701 g/mol. The fraction of sp³-hybridized carbons (Fsp3) is 0.600. The van der Waals surface area contributed by atoms with Crippen LogP contribution < -0.4 is 5.32 Å². The summed E-state index contributed by atoms with van der Waals surface area (Å²) in [4.78, 5) is 58.4. The fourth-order valence-corrected chi connectivity index (χ4v) is 8.18. The number of likely N-dealkylation sites (tertiary alicyclic amines) is 1. The van der Waals surface area contributed by atoms with E-state index in [2.05, 4.69) is 41.3 Å². The fourth-order valence-electron chi connectivity index (χ4n) is 7.24. The van der Waals surface area contributed by atoms with Crippen molar-refractivity contribution in [1.29, 1.82) is 0 Å². The Labute approximate surface area is 280 Å². The number of nitrogens with one attached hydrogen (secondary N) is 1. The maximum atomic E-state index is 14.5. The number of aliphatic hydroxyl groups is 1. The molecule has 1 unspecified atom stereocenters. The second-order valence-electron chi connectivity index (χ2n) is 12.4. The van der Waals surface area contributed by atoms with Crippen LogP contribution in [0.1, 0.15) is 70.5 Å². The number of ether oxygens (including phenoxy) is 2. The lowest BCUT2D eigenvalue weighted by Gasteiger charge is -2.39. The molecule has 1 aromatic rings. The smallest absolute Gasteiger partial charge is 0.313 e. The second kappa shape index (κ2) is 16.2. The first kappa shape index (κ1) is 35.8. The Morgan fingerprint density at radius 1 is 1.22 bits per heavy atom. The first-order valence-electron chi connectivity index (χ1n) is 16.5. The predicted molar refractivity (Wildman–Crippen MR) is 178 cm³/mol. The van der Waals surface area contributed by atoms with E-state index in [1.807, 2.05) is 37.3 Å². The second-order valence-corrected chi connectivity index (χ2v) is 13.6. The van der Waals surface area contributed by atoms with Gasteiger partial charge in [0.05, 0.1) is 37.1 Å². The molecule has 3 saturated heterocycles. The van der Waals surface area contributed by atoms with Crippen LogP contribution in [0.5, 0.6) is 0 Å². The minimum absolute atomic E-state index is 0.0510. The van der Waals surface area contributed by atoms with E-state index < -0.39 is 47.7 Å². The van der Waals surface area contributed by atoms with Gasteiger partial charge < -0.3 is 29.7 Å². The normalized spacial score (nSPS) is 27.5. The number of hydrogen-bond acceptors (Lipinski definition) is 7. The zero-order chi connectivity index (χ0) is 33.4.